The first-order chi connectivity index (χ1) is 1.91. The topological polar surface area (TPSA) is 43.3 Å². The van der Waals surface area contributed by atoms with Crippen molar-refractivity contribution in [1.29, 1.82) is 0 Å². The van der Waals surface area contributed by atoms with Gasteiger partial charge in [0.15, 0.2) is 0 Å². The first-order valence-electron chi connectivity index (χ1n) is 0.516. The molecule has 0 amide bonds. The Labute approximate surface area is 80.9 Å². The molecule has 26 valence electrons. The molecule has 0 rings (SSSR count). The van der Waals surface area contributed by atoms with Crippen molar-refractivity contribution in [2.75, 3.05) is 0 Å². The number of hydrogen-bond acceptors (Lipinski definition) is 4. The molecular formula is HKO2S2. The third-order valence-corrected chi connectivity index (χ3v) is 0.274. The second-order valence-corrected chi connectivity index (χ2v) is 1.28. The van der Waals surface area contributed by atoms with E-state index in [9.17, 15) is 0 Å². The van der Waals surface area contributed by atoms with E-state index in [0.29, 0.717) is 0 Å². The second kappa shape index (κ2) is 9.54. The van der Waals surface area contributed by atoms with Crippen LogP contribution in [0.4, 0.5) is 0 Å². The monoisotopic (exact) mass is 136 g/mol. The molecule has 0 aliphatic heterocycles. The molecule has 0 aliphatic carbocycles. The Balaban J connectivity index is 0. The van der Waals surface area contributed by atoms with E-state index >= 15 is 0 Å². The fourth-order valence-electron chi connectivity index (χ4n) is 0. The molecular weight excluding hydrogens is 135 g/mol. The SMILES string of the molecule is [K+].[O-]SSO. The minimum absolute atomic E-state index is 0. The van der Waals surface area contributed by atoms with Gasteiger partial charge in [0.1, 0.15) is 0 Å². The molecule has 5 heteroatoms. The maximum atomic E-state index is 8.93. The van der Waals surface area contributed by atoms with E-state index in [0.717, 1.165) is 0 Å². The summed E-state index contributed by atoms with van der Waals surface area (Å²) in [6.07, 6.45) is 0. The first kappa shape index (κ1) is 10.3. The van der Waals surface area contributed by atoms with Crippen molar-refractivity contribution in [3.05, 3.63) is 0 Å². The Kier molecular flexibility index (Phi) is 19.6. The van der Waals surface area contributed by atoms with E-state index < -0.39 is 0 Å². The van der Waals surface area contributed by atoms with Crippen molar-refractivity contribution in [2.45, 2.75) is 0 Å². The smallest absolute Gasteiger partial charge is 0.789 e. The zero-order valence-electron chi connectivity index (χ0n) is 2.67. The third-order valence-electron chi connectivity index (χ3n) is 0.0304. The fourth-order valence-corrected chi connectivity index (χ4v) is 0. The van der Waals surface area contributed by atoms with Gasteiger partial charge in [-0.05, 0) is 0 Å². The molecule has 2 nitrogen and oxygen atoms in total. The van der Waals surface area contributed by atoms with Crippen LogP contribution in [0.25, 0.3) is 0 Å². The van der Waals surface area contributed by atoms with Crippen LogP contribution in [0.15, 0.2) is 0 Å². The number of hydrogen-bond donors (Lipinski definition) is 1. The Morgan fingerprint density at radius 3 is 1.80 bits per heavy atom. The van der Waals surface area contributed by atoms with Crippen LogP contribution in [0.1, 0.15) is 0 Å². The molecule has 0 aromatic carbocycles. The van der Waals surface area contributed by atoms with E-state index in [1.807, 2.05) is 0 Å². The van der Waals surface area contributed by atoms with Gasteiger partial charge in [0.2, 0.25) is 0 Å². The summed E-state index contributed by atoms with van der Waals surface area (Å²) in [4.78, 5) is 0. The zero-order valence-corrected chi connectivity index (χ0v) is 7.43. The molecule has 0 bridgehead atoms. The van der Waals surface area contributed by atoms with Gasteiger partial charge in [0.25, 0.3) is 0 Å². The minimum atomic E-state index is 0. The van der Waals surface area contributed by atoms with E-state index in [4.69, 9.17) is 9.11 Å². The van der Waals surface area contributed by atoms with Gasteiger partial charge in [-0.2, -0.15) is 11.1 Å². The molecule has 0 atom stereocenters. The van der Waals surface area contributed by atoms with E-state index in [2.05, 4.69) is 0 Å². The average Bonchev–Trinajstić information content (AvgIpc) is 1.37. The van der Waals surface area contributed by atoms with Gasteiger partial charge in [-0.1, -0.05) is 0 Å². The van der Waals surface area contributed by atoms with Crippen LogP contribution in [0.2, 0.25) is 0 Å². The van der Waals surface area contributed by atoms with Crippen molar-refractivity contribution in [3.63, 3.8) is 0 Å². The molecule has 0 radical (unpaired) electrons. The van der Waals surface area contributed by atoms with Crippen molar-refractivity contribution in [1.82, 2.24) is 0 Å². The normalized spacial score (nSPS) is 6.00. The Morgan fingerprint density at radius 2 is 1.80 bits per heavy atom. The van der Waals surface area contributed by atoms with Crippen molar-refractivity contribution < 1.29 is 60.5 Å². The van der Waals surface area contributed by atoms with Gasteiger partial charge in [-0.15, -0.1) is 0 Å². The summed E-state index contributed by atoms with van der Waals surface area (Å²) in [7, 11) is 0. The molecule has 0 spiro atoms. The average molecular weight is 136 g/mol. The largest absolute Gasteiger partial charge is 1.00 e. The van der Waals surface area contributed by atoms with Gasteiger partial charge < -0.3 is 9.11 Å². The van der Waals surface area contributed by atoms with Crippen LogP contribution in [0.5, 0.6) is 0 Å². The molecule has 0 heterocycles. The fraction of sp³-hybridized carbons (Fsp3) is 0. The zero-order chi connectivity index (χ0) is 3.41. The predicted molar refractivity (Wildman–Crippen MR) is 18.6 cm³/mol. The van der Waals surface area contributed by atoms with Gasteiger partial charge in [-0.3, -0.25) is 0 Å². The molecule has 0 aromatic heterocycles. The molecule has 1 N–H and O–H groups in total. The molecule has 0 saturated heterocycles. The molecule has 0 unspecified atom stereocenters. The van der Waals surface area contributed by atoms with Gasteiger partial charge in [0.05, 0.1) is 0 Å². The minimum Gasteiger partial charge on any atom is -0.789 e. The standard InChI is InChI=1S/K.H2O2S2/c;1-3-4-2/h;1-2H/q+1;/p-1. The predicted octanol–water partition coefficient (Wildman–Crippen LogP) is -2.02. The third kappa shape index (κ3) is 10.7. The van der Waals surface area contributed by atoms with E-state index in [-0.39, 0.29) is 73.5 Å². The van der Waals surface area contributed by atoms with Crippen molar-refractivity contribution >= 4 is 22.1 Å². The maximum absolute atomic E-state index is 8.93. The maximum Gasteiger partial charge on any atom is 1.00 e. The number of rotatable bonds is 1. The summed E-state index contributed by atoms with van der Waals surface area (Å²) in [5, 5.41) is 0. The summed E-state index contributed by atoms with van der Waals surface area (Å²) in [6.45, 7) is 0. The summed E-state index contributed by atoms with van der Waals surface area (Å²) in [6, 6.07) is 0. The quantitative estimate of drug-likeness (QED) is 0.257. The second-order valence-electron chi connectivity index (χ2n) is 0.143. The van der Waals surface area contributed by atoms with Gasteiger partial charge in [0, 0.05) is 11.1 Å². The van der Waals surface area contributed by atoms with Crippen LogP contribution in [-0.4, -0.2) is 9.11 Å². The van der Waals surface area contributed by atoms with Gasteiger partial charge in [-0.25, -0.2) is 0 Å². The van der Waals surface area contributed by atoms with Crippen LogP contribution in [0.3, 0.4) is 0 Å². The van der Waals surface area contributed by atoms with Crippen LogP contribution >= 0.6 is 22.1 Å². The Bertz CT molecular complexity index is 9.61. The van der Waals surface area contributed by atoms with Crippen LogP contribution in [-0.2, 0) is 0 Å². The van der Waals surface area contributed by atoms with Crippen LogP contribution < -0.4 is 51.4 Å². The summed E-state index contributed by atoms with van der Waals surface area (Å²) in [5.74, 6) is 0. The molecule has 0 aliphatic rings. The van der Waals surface area contributed by atoms with E-state index in [1.54, 1.807) is 0 Å². The van der Waals surface area contributed by atoms with Crippen LogP contribution in [0, 0.1) is 0 Å². The Hall–Kier alpha value is 2.26. The summed E-state index contributed by atoms with van der Waals surface area (Å²) < 4.78 is 16.4. The van der Waals surface area contributed by atoms with Crippen molar-refractivity contribution in [3.8, 4) is 0 Å². The summed E-state index contributed by atoms with van der Waals surface area (Å²) >= 11 is 0.296. The van der Waals surface area contributed by atoms with Crippen molar-refractivity contribution in [2.24, 2.45) is 0 Å². The first-order valence-corrected chi connectivity index (χ1v) is 2.55. The Morgan fingerprint density at radius 1 is 1.60 bits per heavy atom. The molecule has 0 saturated carbocycles. The van der Waals surface area contributed by atoms with E-state index in [1.165, 1.54) is 0 Å². The molecule has 5 heavy (non-hydrogen) atoms. The molecule has 0 fully saturated rings. The molecule has 0 aromatic rings. The van der Waals surface area contributed by atoms with Gasteiger partial charge >= 0.3 is 51.4 Å². The summed E-state index contributed by atoms with van der Waals surface area (Å²) in [5.41, 5.74) is 0.